The summed E-state index contributed by atoms with van der Waals surface area (Å²) in [7, 11) is 0. The Balaban J connectivity index is 1.95. The summed E-state index contributed by atoms with van der Waals surface area (Å²) in [6.07, 6.45) is 2.18. The van der Waals surface area contributed by atoms with Gasteiger partial charge in [-0.15, -0.1) is 11.6 Å². The number of hydrogen-bond donors (Lipinski definition) is 0. The molecule has 0 aromatic heterocycles. The maximum absolute atomic E-state index is 13.7. The predicted molar refractivity (Wildman–Crippen MR) is 47.7 cm³/mol. The van der Waals surface area contributed by atoms with Gasteiger partial charge in [0.05, 0.1) is 19.1 Å². The number of alkyl halides is 2. The van der Waals surface area contributed by atoms with E-state index in [-0.39, 0.29) is 5.88 Å². The highest BCUT2D eigenvalue weighted by Crippen LogP contribution is 2.42. The number of ether oxygens (including phenoxy) is 2. The molecule has 0 radical (unpaired) electrons. The van der Waals surface area contributed by atoms with Gasteiger partial charge in [-0.05, 0) is 12.8 Å². The molecule has 0 aromatic rings. The quantitative estimate of drug-likeness (QED) is 0.616. The SMILES string of the molecule is FC1(CCl)CCC2(CC1)OCCO2. The summed E-state index contributed by atoms with van der Waals surface area (Å²) in [6, 6.07) is 0. The highest BCUT2D eigenvalue weighted by Gasteiger charge is 2.46. The van der Waals surface area contributed by atoms with Gasteiger partial charge in [0.2, 0.25) is 0 Å². The van der Waals surface area contributed by atoms with E-state index in [0.29, 0.717) is 38.9 Å². The van der Waals surface area contributed by atoms with Crippen LogP contribution in [0.4, 0.5) is 4.39 Å². The van der Waals surface area contributed by atoms with Gasteiger partial charge in [-0.2, -0.15) is 0 Å². The third-order valence-corrected chi connectivity index (χ3v) is 3.44. The number of halogens is 2. The first kappa shape index (κ1) is 9.69. The van der Waals surface area contributed by atoms with Gasteiger partial charge in [-0.25, -0.2) is 4.39 Å². The summed E-state index contributed by atoms with van der Waals surface area (Å²) in [4.78, 5) is 0. The van der Waals surface area contributed by atoms with E-state index in [2.05, 4.69) is 0 Å². The van der Waals surface area contributed by atoms with Crippen molar-refractivity contribution in [3.8, 4) is 0 Å². The first-order chi connectivity index (χ1) is 6.18. The molecule has 4 heteroatoms. The largest absolute Gasteiger partial charge is 0.348 e. The third-order valence-electron chi connectivity index (χ3n) is 2.96. The van der Waals surface area contributed by atoms with Crippen LogP contribution in [0.2, 0.25) is 0 Å². The van der Waals surface area contributed by atoms with Crippen molar-refractivity contribution in [2.75, 3.05) is 19.1 Å². The highest BCUT2D eigenvalue weighted by atomic mass is 35.5. The third kappa shape index (κ3) is 1.83. The lowest BCUT2D eigenvalue weighted by atomic mass is 9.84. The molecule has 0 bridgehead atoms. The van der Waals surface area contributed by atoms with E-state index < -0.39 is 11.5 Å². The molecule has 0 unspecified atom stereocenters. The van der Waals surface area contributed by atoms with Crippen LogP contribution in [-0.4, -0.2) is 30.5 Å². The van der Waals surface area contributed by atoms with E-state index >= 15 is 0 Å². The number of rotatable bonds is 1. The van der Waals surface area contributed by atoms with Gasteiger partial charge in [-0.1, -0.05) is 0 Å². The molecule has 2 aliphatic rings. The van der Waals surface area contributed by atoms with E-state index in [0.717, 1.165) is 0 Å². The lowest BCUT2D eigenvalue weighted by Crippen LogP contribution is -2.42. The molecule has 0 N–H and O–H groups in total. The summed E-state index contributed by atoms with van der Waals surface area (Å²) < 4.78 is 24.7. The zero-order chi connectivity index (χ0) is 9.36. The van der Waals surface area contributed by atoms with Crippen molar-refractivity contribution in [2.24, 2.45) is 0 Å². The van der Waals surface area contributed by atoms with Crippen LogP contribution in [0.3, 0.4) is 0 Å². The molecular weight excluding hydrogens is 195 g/mol. The molecule has 1 heterocycles. The van der Waals surface area contributed by atoms with Crippen LogP contribution in [0.5, 0.6) is 0 Å². The zero-order valence-electron chi connectivity index (χ0n) is 7.52. The van der Waals surface area contributed by atoms with Gasteiger partial charge >= 0.3 is 0 Å². The standard InChI is InChI=1S/C9H14ClFO2/c10-7-8(11)1-3-9(4-2-8)12-5-6-13-9/h1-7H2. The molecule has 13 heavy (non-hydrogen) atoms. The van der Waals surface area contributed by atoms with Gasteiger partial charge in [-0.3, -0.25) is 0 Å². The Morgan fingerprint density at radius 1 is 1.08 bits per heavy atom. The average molecular weight is 209 g/mol. The fourth-order valence-electron chi connectivity index (χ4n) is 2.00. The van der Waals surface area contributed by atoms with Crippen molar-refractivity contribution in [3.05, 3.63) is 0 Å². The van der Waals surface area contributed by atoms with Crippen LogP contribution in [-0.2, 0) is 9.47 Å². The van der Waals surface area contributed by atoms with E-state index in [1.54, 1.807) is 0 Å². The van der Waals surface area contributed by atoms with E-state index in [1.165, 1.54) is 0 Å². The minimum Gasteiger partial charge on any atom is -0.348 e. The monoisotopic (exact) mass is 208 g/mol. The van der Waals surface area contributed by atoms with Crippen molar-refractivity contribution in [1.82, 2.24) is 0 Å². The fourth-order valence-corrected chi connectivity index (χ4v) is 2.27. The average Bonchev–Trinajstić information content (AvgIpc) is 2.61. The minimum atomic E-state index is -1.19. The second-order valence-electron chi connectivity index (χ2n) is 3.89. The molecule has 1 saturated carbocycles. The van der Waals surface area contributed by atoms with E-state index in [1.807, 2.05) is 0 Å². The van der Waals surface area contributed by atoms with Gasteiger partial charge in [0.15, 0.2) is 5.79 Å². The summed E-state index contributed by atoms with van der Waals surface area (Å²) in [5.41, 5.74) is -1.19. The Morgan fingerprint density at radius 3 is 2.08 bits per heavy atom. The molecule has 76 valence electrons. The minimum absolute atomic E-state index is 0.0864. The van der Waals surface area contributed by atoms with Crippen molar-refractivity contribution >= 4 is 11.6 Å². The molecule has 1 aliphatic carbocycles. The Bertz CT molecular complexity index is 182. The fraction of sp³-hybridized carbons (Fsp3) is 1.00. The Labute approximate surface area is 82.3 Å². The van der Waals surface area contributed by atoms with Crippen LogP contribution >= 0.6 is 11.6 Å². The van der Waals surface area contributed by atoms with Crippen molar-refractivity contribution in [1.29, 1.82) is 0 Å². The van der Waals surface area contributed by atoms with E-state index in [4.69, 9.17) is 21.1 Å². The molecule has 2 nitrogen and oxygen atoms in total. The van der Waals surface area contributed by atoms with E-state index in [9.17, 15) is 4.39 Å². The van der Waals surface area contributed by atoms with Crippen LogP contribution in [0.25, 0.3) is 0 Å². The molecule has 2 fully saturated rings. The lowest BCUT2D eigenvalue weighted by Gasteiger charge is -2.38. The molecular formula is C9H14ClFO2. The Hall–Kier alpha value is 0.140. The second kappa shape index (κ2) is 3.37. The van der Waals surface area contributed by atoms with Crippen molar-refractivity contribution in [2.45, 2.75) is 37.1 Å². The maximum atomic E-state index is 13.7. The first-order valence-electron chi connectivity index (χ1n) is 4.71. The highest BCUT2D eigenvalue weighted by molar-refractivity contribution is 6.18. The second-order valence-corrected chi connectivity index (χ2v) is 4.16. The molecule has 1 aliphatic heterocycles. The van der Waals surface area contributed by atoms with Gasteiger partial charge in [0.25, 0.3) is 0 Å². The topological polar surface area (TPSA) is 18.5 Å². The predicted octanol–water partition coefficient (Wildman–Crippen LogP) is 2.25. The summed E-state index contributed by atoms with van der Waals surface area (Å²) in [5, 5.41) is 0. The zero-order valence-corrected chi connectivity index (χ0v) is 8.28. The summed E-state index contributed by atoms with van der Waals surface area (Å²) in [6.45, 7) is 1.28. The van der Waals surface area contributed by atoms with Crippen molar-refractivity contribution in [3.63, 3.8) is 0 Å². The molecule has 0 atom stereocenters. The van der Waals surface area contributed by atoms with Crippen molar-refractivity contribution < 1.29 is 13.9 Å². The molecule has 2 rings (SSSR count). The molecule has 1 spiro atoms. The van der Waals surface area contributed by atoms with Crippen LogP contribution in [0.15, 0.2) is 0 Å². The van der Waals surface area contributed by atoms with Gasteiger partial charge in [0.1, 0.15) is 5.67 Å². The normalized spacial score (nSPS) is 30.9. The molecule has 0 aromatic carbocycles. The summed E-state index contributed by atoms with van der Waals surface area (Å²) in [5.74, 6) is -0.384. The molecule has 0 amide bonds. The van der Waals surface area contributed by atoms with Crippen LogP contribution < -0.4 is 0 Å². The smallest absolute Gasteiger partial charge is 0.168 e. The maximum Gasteiger partial charge on any atom is 0.168 e. The lowest BCUT2D eigenvalue weighted by molar-refractivity contribution is -0.191. The summed E-state index contributed by atoms with van der Waals surface area (Å²) >= 11 is 5.56. The van der Waals surface area contributed by atoms with Gasteiger partial charge < -0.3 is 9.47 Å². The Morgan fingerprint density at radius 2 is 1.62 bits per heavy atom. The first-order valence-corrected chi connectivity index (χ1v) is 5.24. The van der Waals surface area contributed by atoms with Gasteiger partial charge in [0, 0.05) is 12.8 Å². The van der Waals surface area contributed by atoms with Crippen LogP contribution in [0.1, 0.15) is 25.7 Å². The number of hydrogen-bond acceptors (Lipinski definition) is 2. The molecule has 1 saturated heterocycles. The van der Waals surface area contributed by atoms with Crippen LogP contribution in [0, 0.1) is 0 Å². The Kier molecular flexibility index (Phi) is 2.51.